The van der Waals surface area contributed by atoms with Crippen molar-refractivity contribution < 1.29 is 18.3 Å². The molecule has 0 fully saturated rings. The molecule has 0 aliphatic heterocycles. The van der Waals surface area contributed by atoms with E-state index in [-0.39, 0.29) is 12.2 Å². The number of carbonyl (C=O) groups is 1. The minimum absolute atomic E-state index is 0.00739. The van der Waals surface area contributed by atoms with Crippen LogP contribution in [0.1, 0.15) is 11.1 Å². The lowest BCUT2D eigenvalue weighted by molar-refractivity contribution is -0.0282. The Kier molecular flexibility index (Phi) is 5.46. The molecule has 120 valence electrons. The second-order valence-electron chi connectivity index (χ2n) is 4.91. The molecule has 2 aromatic carbocycles. The number of hydrogen-bond donors (Lipinski definition) is 1. The van der Waals surface area contributed by atoms with Crippen LogP contribution in [-0.2, 0) is 17.3 Å². The molecule has 0 radical (unpaired) electrons. The number of amides is 1. The van der Waals surface area contributed by atoms with Gasteiger partial charge in [-0.2, -0.15) is 8.78 Å². The van der Waals surface area contributed by atoms with Gasteiger partial charge in [-0.25, -0.2) is 4.79 Å². The van der Waals surface area contributed by atoms with E-state index >= 15 is 0 Å². The highest BCUT2D eigenvalue weighted by Gasteiger charge is 2.40. The van der Waals surface area contributed by atoms with Crippen molar-refractivity contribution in [2.24, 2.45) is 0 Å². The van der Waals surface area contributed by atoms with Crippen LogP contribution >= 0.6 is 0 Å². The molecule has 0 saturated heterocycles. The van der Waals surface area contributed by atoms with Gasteiger partial charge in [0.1, 0.15) is 12.6 Å². The molecule has 1 amide bonds. The normalized spacial score (nSPS) is 12.3. The molecule has 0 aliphatic rings. The average Bonchev–Trinajstić information content (AvgIpc) is 2.59. The van der Waals surface area contributed by atoms with Gasteiger partial charge in [-0.15, -0.1) is 6.58 Å². The Morgan fingerprint density at radius 2 is 1.70 bits per heavy atom. The smallest absolute Gasteiger partial charge is 0.408 e. The minimum atomic E-state index is -3.28. The van der Waals surface area contributed by atoms with Crippen LogP contribution in [0.3, 0.4) is 0 Å². The maximum atomic E-state index is 14.4. The SMILES string of the molecule is C=C[C@@H](NC(=O)OCc1ccccc1)C(F)(F)c1ccccc1. The fraction of sp³-hybridized carbons (Fsp3) is 0.167. The van der Waals surface area contributed by atoms with Crippen LogP contribution in [0.2, 0.25) is 0 Å². The molecule has 1 atom stereocenters. The summed E-state index contributed by atoms with van der Waals surface area (Å²) in [7, 11) is 0. The van der Waals surface area contributed by atoms with E-state index in [0.717, 1.165) is 11.6 Å². The molecule has 5 heteroatoms. The zero-order valence-electron chi connectivity index (χ0n) is 12.4. The zero-order chi connectivity index (χ0) is 16.7. The van der Waals surface area contributed by atoms with Gasteiger partial charge in [0, 0.05) is 5.56 Å². The van der Waals surface area contributed by atoms with Crippen LogP contribution in [0, 0.1) is 0 Å². The van der Waals surface area contributed by atoms with Crippen LogP contribution in [0.5, 0.6) is 0 Å². The highest BCUT2D eigenvalue weighted by Crippen LogP contribution is 2.32. The fourth-order valence-electron chi connectivity index (χ4n) is 2.03. The van der Waals surface area contributed by atoms with Crippen LogP contribution in [0.25, 0.3) is 0 Å². The molecule has 0 heterocycles. The third-order valence-electron chi connectivity index (χ3n) is 3.27. The van der Waals surface area contributed by atoms with Gasteiger partial charge in [-0.05, 0) is 5.56 Å². The number of benzene rings is 2. The summed E-state index contributed by atoms with van der Waals surface area (Å²) >= 11 is 0. The largest absolute Gasteiger partial charge is 0.445 e. The molecule has 0 unspecified atom stereocenters. The van der Waals surface area contributed by atoms with E-state index in [0.29, 0.717) is 0 Å². The first-order valence-corrected chi connectivity index (χ1v) is 7.07. The second kappa shape index (κ2) is 7.54. The van der Waals surface area contributed by atoms with E-state index in [1.165, 1.54) is 24.3 Å². The fourth-order valence-corrected chi connectivity index (χ4v) is 2.03. The van der Waals surface area contributed by atoms with Gasteiger partial charge in [0.15, 0.2) is 0 Å². The Bertz CT molecular complexity index is 645. The van der Waals surface area contributed by atoms with Crippen LogP contribution in [0.15, 0.2) is 73.3 Å². The van der Waals surface area contributed by atoms with Crippen LogP contribution < -0.4 is 5.32 Å². The van der Waals surface area contributed by atoms with E-state index < -0.39 is 18.1 Å². The number of ether oxygens (including phenoxy) is 1. The topological polar surface area (TPSA) is 38.3 Å². The predicted molar refractivity (Wildman–Crippen MR) is 84.1 cm³/mol. The van der Waals surface area contributed by atoms with Crippen molar-refractivity contribution in [3.05, 3.63) is 84.4 Å². The first kappa shape index (κ1) is 16.7. The van der Waals surface area contributed by atoms with Gasteiger partial charge < -0.3 is 10.1 Å². The van der Waals surface area contributed by atoms with Gasteiger partial charge >= 0.3 is 6.09 Å². The first-order chi connectivity index (χ1) is 11.0. The number of alkyl carbamates (subject to hydrolysis) is 1. The monoisotopic (exact) mass is 317 g/mol. The third-order valence-corrected chi connectivity index (χ3v) is 3.27. The maximum absolute atomic E-state index is 14.4. The highest BCUT2D eigenvalue weighted by atomic mass is 19.3. The molecule has 1 N–H and O–H groups in total. The summed E-state index contributed by atoms with van der Waals surface area (Å²) < 4.78 is 33.8. The number of nitrogens with one attached hydrogen (secondary N) is 1. The van der Waals surface area contributed by atoms with Crippen molar-refractivity contribution in [1.29, 1.82) is 0 Å². The van der Waals surface area contributed by atoms with Gasteiger partial charge in [-0.3, -0.25) is 0 Å². The highest BCUT2D eigenvalue weighted by molar-refractivity contribution is 5.68. The van der Waals surface area contributed by atoms with Crippen molar-refractivity contribution in [2.75, 3.05) is 0 Å². The van der Waals surface area contributed by atoms with E-state index in [4.69, 9.17) is 4.74 Å². The van der Waals surface area contributed by atoms with E-state index in [1.54, 1.807) is 30.3 Å². The second-order valence-corrected chi connectivity index (χ2v) is 4.91. The number of carbonyl (C=O) groups excluding carboxylic acids is 1. The summed E-state index contributed by atoms with van der Waals surface area (Å²) in [5.74, 6) is -3.28. The van der Waals surface area contributed by atoms with Gasteiger partial charge in [0.25, 0.3) is 5.92 Å². The van der Waals surface area contributed by atoms with Crippen molar-refractivity contribution in [1.82, 2.24) is 5.32 Å². The van der Waals surface area contributed by atoms with Crippen LogP contribution in [0.4, 0.5) is 13.6 Å². The Labute approximate surface area is 133 Å². The van der Waals surface area contributed by atoms with Gasteiger partial charge in [0.2, 0.25) is 0 Å². The summed E-state index contributed by atoms with van der Waals surface area (Å²) in [5.41, 5.74) is 0.570. The van der Waals surface area contributed by atoms with E-state index in [9.17, 15) is 13.6 Å². The molecule has 2 rings (SSSR count). The molecule has 0 bridgehead atoms. The predicted octanol–water partition coefficient (Wildman–Crippen LogP) is 4.26. The van der Waals surface area contributed by atoms with Gasteiger partial charge in [0.05, 0.1) is 0 Å². The quantitative estimate of drug-likeness (QED) is 0.809. The average molecular weight is 317 g/mol. The third kappa shape index (κ3) is 4.39. The Morgan fingerprint density at radius 3 is 2.26 bits per heavy atom. The Balaban J connectivity index is 1.98. The number of hydrogen-bond acceptors (Lipinski definition) is 2. The molecule has 0 saturated carbocycles. The lowest BCUT2D eigenvalue weighted by Gasteiger charge is -2.25. The van der Waals surface area contributed by atoms with Crippen molar-refractivity contribution >= 4 is 6.09 Å². The first-order valence-electron chi connectivity index (χ1n) is 7.07. The van der Waals surface area contributed by atoms with Crippen molar-refractivity contribution in [3.63, 3.8) is 0 Å². The Morgan fingerprint density at radius 1 is 1.13 bits per heavy atom. The maximum Gasteiger partial charge on any atom is 0.408 e. The molecule has 23 heavy (non-hydrogen) atoms. The van der Waals surface area contributed by atoms with Crippen molar-refractivity contribution in [2.45, 2.75) is 18.6 Å². The zero-order valence-corrected chi connectivity index (χ0v) is 12.4. The standard InChI is InChI=1S/C18H17F2NO2/c1-2-16(18(19,20)15-11-7-4-8-12-15)21-17(22)23-13-14-9-5-3-6-10-14/h2-12,16H,1,13H2,(H,21,22)/t16-/m1/s1. The summed E-state index contributed by atoms with van der Waals surface area (Å²) in [6, 6.07) is 14.7. The molecular weight excluding hydrogens is 300 g/mol. The van der Waals surface area contributed by atoms with Crippen LogP contribution in [-0.4, -0.2) is 12.1 Å². The number of rotatable bonds is 6. The minimum Gasteiger partial charge on any atom is -0.445 e. The summed E-state index contributed by atoms with van der Waals surface area (Å²) in [5, 5.41) is 2.15. The molecule has 0 aliphatic carbocycles. The van der Waals surface area contributed by atoms with Crippen molar-refractivity contribution in [3.8, 4) is 0 Å². The lowest BCUT2D eigenvalue weighted by atomic mass is 10.0. The van der Waals surface area contributed by atoms with E-state index in [1.807, 2.05) is 6.07 Å². The summed E-state index contributed by atoms with van der Waals surface area (Å²) in [6.07, 6.45) is 0.0749. The molecule has 2 aromatic rings. The van der Waals surface area contributed by atoms with E-state index in [2.05, 4.69) is 11.9 Å². The molecule has 0 spiro atoms. The molecular formula is C18H17F2NO2. The summed E-state index contributed by atoms with van der Waals surface area (Å²) in [4.78, 5) is 11.7. The molecule has 0 aromatic heterocycles. The lowest BCUT2D eigenvalue weighted by Crippen LogP contribution is -2.44. The number of alkyl halides is 2. The Hall–Kier alpha value is -2.69. The summed E-state index contributed by atoms with van der Waals surface area (Å²) in [6.45, 7) is 3.38. The van der Waals surface area contributed by atoms with Gasteiger partial charge in [-0.1, -0.05) is 66.7 Å². The number of halogens is 2. The molecule has 3 nitrogen and oxygen atoms in total.